The lowest BCUT2D eigenvalue weighted by Crippen LogP contribution is -2.15. The predicted molar refractivity (Wildman–Crippen MR) is 116 cm³/mol. The molecule has 0 spiro atoms. The molecule has 0 radical (unpaired) electrons. The number of amides is 1. The number of aryl methyl sites for hydroxylation is 1. The number of pyridine rings is 1. The van der Waals surface area contributed by atoms with Crippen LogP contribution in [0.25, 0.3) is 0 Å². The van der Waals surface area contributed by atoms with Crippen LogP contribution in [0.4, 0.5) is 5.69 Å². The van der Waals surface area contributed by atoms with E-state index in [9.17, 15) is 4.79 Å². The second-order valence-electron chi connectivity index (χ2n) is 7.50. The lowest BCUT2D eigenvalue weighted by atomic mass is 10.1. The molecule has 5 nitrogen and oxygen atoms in total. The number of nitrogens with zero attached hydrogens (tertiary/aromatic N) is 3. The number of aromatic nitrogens is 3. The zero-order valence-electron chi connectivity index (χ0n) is 17.4. The maximum atomic E-state index is 12.6. The molecule has 1 N–H and O–H groups in total. The van der Waals surface area contributed by atoms with Crippen molar-refractivity contribution in [2.24, 2.45) is 5.92 Å². The highest BCUT2D eigenvalue weighted by atomic mass is 16.1. The Morgan fingerprint density at radius 1 is 1.14 bits per heavy atom. The van der Waals surface area contributed by atoms with Gasteiger partial charge in [0.05, 0.1) is 12.1 Å². The number of hydrogen-bond acceptors (Lipinski definition) is 3. The number of anilines is 1. The predicted octanol–water partition coefficient (Wildman–Crippen LogP) is 4.13. The van der Waals surface area contributed by atoms with E-state index >= 15 is 0 Å². The molecule has 148 valence electrons. The summed E-state index contributed by atoms with van der Waals surface area (Å²) in [5.41, 5.74) is 5.23. The van der Waals surface area contributed by atoms with E-state index in [0.717, 1.165) is 34.7 Å². The van der Waals surface area contributed by atoms with Gasteiger partial charge in [-0.15, -0.1) is 0 Å². The highest BCUT2D eigenvalue weighted by molar-refractivity contribution is 5.92. The second-order valence-corrected chi connectivity index (χ2v) is 7.50. The number of nitrogens with one attached hydrogen (secondary N) is 1. The van der Waals surface area contributed by atoms with Crippen molar-refractivity contribution in [3.63, 3.8) is 0 Å². The van der Waals surface area contributed by atoms with Gasteiger partial charge in [-0.1, -0.05) is 31.9 Å². The molecule has 1 amide bonds. The molecular weight excluding hydrogens is 360 g/mol. The minimum atomic E-state index is -0.0601. The zero-order chi connectivity index (χ0) is 20.8. The summed E-state index contributed by atoms with van der Waals surface area (Å²) >= 11 is 0. The first-order valence-electron chi connectivity index (χ1n) is 9.78. The van der Waals surface area contributed by atoms with Crippen LogP contribution in [0.2, 0.25) is 0 Å². The largest absolute Gasteiger partial charge is 0.326 e. The van der Waals surface area contributed by atoms with Crippen molar-refractivity contribution >= 4 is 11.6 Å². The third-order valence-corrected chi connectivity index (χ3v) is 4.55. The van der Waals surface area contributed by atoms with Crippen LogP contribution in [-0.4, -0.2) is 20.7 Å². The second kappa shape index (κ2) is 9.20. The van der Waals surface area contributed by atoms with Crippen molar-refractivity contribution < 1.29 is 4.79 Å². The topological polar surface area (TPSA) is 59.8 Å². The van der Waals surface area contributed by atoms with Crippen LogP contribution in [-0.2, 0) is 17.8 Å². The Morgan fingerprint density at radius 3 is 2.69 bits per heavy atom. The molecule has 5 heteroatoms. The van der Waals surface area contributed by atoms with Crippen LogP contribution in [0.1, 0.15) is 42.1 Å². The maximum Gasteiger partial charge on any atom is 0.228 e. The minimum absolute atomic E-state index is 0.0601. The first-order chi connectivity index (χ1) is 13.9. The molecule has 0 fully saturated rings. The molecule has 0 atom stereocenters. The lowest BCUT2D eigenvalue weighted by molar-refractivity contribution is -0.115. The molecule has 0 aliphatic heterocycles. The standard InChI is InChI=1S/C24H26N4O/c1-17(2)16-28-19(4)23(18(3)27-28)15-24(29)26-22-10-7-8-20(14-22)11-12-21-9-5-6-13-25-21/h5-10,13-14,17H,15-16H2,1-4H3,(H,26,29). The Morgan fingerprint density at radius 2 is 1.97 bits per heavy atom. The Labute approximate surface area is 172 Å². The zero-order valence-corrected chi connectivity index (χ0v) is 17.4. The maximum absolute atomic E-state index is 12.6. The van der Waals surface area contributed by atoms with E-state index in [1.807, 2.05) is 61.0 Å². The van der Waals surface area contributed by atoms with Crippen molar-refractivity contribution in [3.8, 4) is 11.8 Å². The molecule has 0 aliphatic rings. The van der Waals surface area contributed by atoms with Crippen molar-refractivity contribution in [3.05, 3.63) is 76.9 Å². The van der Waals surface area contributed by atoms with Gasteiger partial charge in [0.2, 0.25) is 5.91 Å². The van der Waals surface area contributed by atoms with Crippen molar-refractivity contribution in [2.45, 2.75) is 40.7 Å². The van der Waals surface area contributed by atoms with Crippen LogP contribution in [0.3, 0.4) is 0 Å². The molecule has 0 saturated heterocycles. The summed E-state index contributed by atoms with van der Waals surface area (Å²) in [4.78, 5) is 16.8. The van der Waals surface area contributed by atoms with E-state index in [0.29, 0.717) is 18.0 Å². The Kier molecular flexibility index (Phi) is 6.46. The Balaban J connectivity index is 1.69. The molecule has 3 rings (SSSR count). The minimum Gasteiger partial charge on any atom is -0.326 e. The number of benzene rings is 1. The monoisotopic (exact) mass is 386 g/mol. The molecule has 0 bridgehead atoms. The molecule has 1 aromatic carbocycles. The van der Waals surface area contributed by atoms with Crippen LogP contribution >= 0.6 is 0 Å². The number of hydrogen-bond donors (Lipinski definition) is 1. The molecule has 2 heterocycles. The summed E-state index contributed by atoms with van der Waals surface area (Å²) in [5.74, 6) is 6.56. The van der Waals surface area contributed by atoms with E-state index < -0.39 is 0 Å². The number of rotatable bonds is 5. The van der Waals surface area contributed by atoms with E-state index in [1.165, 1.54) is 0 Å². The molecule has 0 saturated carbocycles. The lowest BCUT2D eigenvalue weighted by Gasteiger charge is -2.08. The van der Waals surface area contributed by atoms with Crippen molar-refractivity contribution in [1.82, 2.24) is 14.8 Å². The molecular formula is C24H26N4O. The van der Waals surface area contributed by atoms with Gasteiger partial charge in [-0.2, -0.15) is 5.10 Å². The molecule has 0 unspecified atom stereocenters. The first-order valence-corrected chi connectivity index (χ1v) is 9.78. The highest BCUT2D eigenvalue weighted by Crippen LogP contribution is 2.17. The van der Waals surface area contributed by atoms with Crippen molar-refractivity contribution in [1.29, 1.82) is 0 Å². The normalized spacial score (nSPS) is 10.5. The van der Waals surface area contributed by atoms with Crippen LogP contribution < -0.4 is 5.32 Å². The number of carbonyl (C=O) groups is 1. The Bertz CT molecular complexity index is 1060. The average molecular weight is 386 g/mol. The van der Waals surface area contributed by atoms with Crippen LogP contribution in [0, 0.1) is 31.6 Å². The average Bonchev–Trinajstić information content (AvgIpc) is 2.94. The van der Waals surface area contributed by atoms with Crippen molar-refractivity contribution in [2.75, 3.05) is 5.32 Å². The summed E-state index contributed by atoms with van der Waals surface area (Å²) in [5, 5.41) is 7.56. The summed E-state index contributed by atoms with van der Waals surface area (Å²) in [6.45, 7) is 9.16. The highest BCUT2D eigenvalue weighted by Gasteiger charge is 2.15. The van der Waals surface area contributed by atoms with Gasteiger partial charge >= 0.3 is 0 Å². The van der Waals surface area contributed by atoms with E-state index in [-0.39, 0.29) is 5.91 Å². The summed E-state index contributed by atoms with van der Waals surface area (Å²) < 4.78 is 2.00. The quantitative estimate of drug-likeness (QED) is 0.671. The first kappa shape index (κ1) is 20.3. The number of carbonyl (C=O) groups excluding carboxylic acids is 1. The van der Waals surface area contributed by atoms with Gasteiger partial charge < -0.3 is 5.32 Å². The SMILES string of the molecule is Cc1nn(CC(C)C)c(C)c1CC(=O)Nc1cccc(C#Cc2ccccn2)c1. The van der Waals surface area contributed by atoms with Gasteiger partial charge in [0.15, 0.2) is 0 Å². The molecule has 0 aliphatic carbocycles. The van der Waals surface area contributed by atoms with Gasteiger partial charge in [-0.3, -0.25) is 9.48 Å². The third-order valence-electron chi connectivity index (χ3n) is 4.55. The van der Waals surface area contributed by atoms with Gasteiger partial charge in [-0.25, -0.2) is 4.98 Å². The fraction of sp³-hybridized carbons (Fsp3) is 0.292. The van der Waals surface area contributed by atoms with E-state index in [2.05, 4.69) is 41.1 Å². The molecule has 29 heavy (non-hydrogen) atoms. The summed E-state index contributed by atoms with van der Waals surface area (Å²) in [6, 6.07) is 13.2. The van der Waals surface area contributed by atoms with Crippen LogP contribution in [0.5, 0.6) is 0 Å². The van der Waals surface area contributed by atoms with E-state index in [1.54, 1.807) is 6.20 Å². The summed E-state index contributed by atoms with van der Waals surface area (Å²) in [6.07, 6.45) is 2.02. The third kappa shape index (κ3) is 5.55. The molecule has 2 aromatic heterocycles. The smallest absolute Gasteiger partial charge is 0.228 e. The van der Waals surface area contributed by atoms with Gasteiger partial charge in [0, 0.05) is 35.2 Å². The Hall–Kier alpha value is -3.39. The van der Waals surface area contributed by atoms with Crippen LogP contribution in [0.15, 0.2) is 48.7 Å². The van der Waals surface area contributed by atoms with Gasteiger partial charge in [0.25, 0.3) is 0 Å². The fourth-order valence-electron chi connectivity index (χ4n) is 3.13. The van der Waals surface area contributed by atoms with Gasteiger partial charge in [-0.05, 0) is 56.0 Å². The van der Waals surface area contributed by atoms with E-state index in [4.69, 9.17) is 0 Å². The molecule has 3 aromatic rings. The summed E-state index contributed by atoms with van der Waals surface area (Å²) in [7, 11) is 0. The fourth-order valence-corrected chi connectivity index (χ4v) is 3.13. The van der Waals surface area contributed by atoms with Gasteiger partial charge in [0.1, 0.15) is 5.69 Å².